The van der Waals surface area contributed by atoms with E-state index in [0.29, 0.717) is 5.56 Å². The number of carbonyl (C=O) groups excluding carboxylic acids is 1. The zero-order valence-electron chi connectivity index (χ0n) is 10.5. The number of hydrogen-bond acceptors (Lipinski definition) is 2. The van der Waals surface area contributed by atoms with Crippen LogP contribution in [0.3, 0.4) is 0 Å². The summed E-state index contributed by atoms with van der Waals surface area (Å²) in [6, 6.07) is 17.6. The highest BCUT2D eigenvalue weighted by molar-refractivity contribution is 5.92. The summed E-state index contributed by atoms with van der Waals surface area (Å²) < 4.78 is 5.41. The Morgan fingerprint density at radius 2 is 1.74 bits per heavy atom. The number of fused-ring (bicyclic) bond motifs is 1. The molecule has 1 unspecified atom stereocenters. The lowest BCUT2D eigenvalue weighted by atomic mass is 9.98. The van der Waals surface area contributed by atoms with E-state index in [9.17, 15) is 4.79 Å². The van der Waals surface area contributed by atoms with Crippen LogP contribution in [0.15, 0.2) is 60.7 Å². The van der Waals surface area contributed by atoms with Gasteiger partial charge < -0.3 is 4.74 Å². The van der Waals surface area contributed by atoms with Gasteiger partial charge in [-0.3, -0.25) is 0 Å². The van der Waals surface area contributed by atoms with Crippen LogP contribution >= 0.6 is 0 Å². The van der Waals surface area contributed by atoms with Gasteiger partial charge in [-0.2, -0.15) is 0 Å². The Balaban J connectivity index is 1.79. The van der Waals surface area contributed by atoms with Crippen molar-refractivity contribution in [3.8, 4) is 0 Å². The molecule has 0 spiro atoms. The van der Waals surface area contributed by atoms with Crippen molar-refractivity contribution in [3.05, 3.63) is 77.4 Å². The van der Waals surface area contributed by atoms with Crippen LogP contribution in [0.5, 0.6) is 0 Å². The van der Waals surface area contributed by atoms with Crippen molar-refractivity contribution >= 4 is 12.0 Å². The van der Waals surface area contributed by atoms with Crippen molar-refractivity contribution in [2.45, 2.75) is 12.5 Å². The smallest absolute Gasteiger partial charge is 0.339 e. The molecule has 0 aromatic heterocycles. The first-order valence-electron chi connectivity index (χ1n) is 6.35. The Labute approximate surface area is 112 Å². The quantitative estimate of drug-likeness (QED) is 0.763. The molecule has 1 atom stereocenters. The standard InChI is InChI=1S/C17H14O2/c18-17-16-9-5-4-8-14(16)12-15(19-17)11-10-13-6-2-1-3-7-13/h1-11,15H,12H2/b11-10-. The molecule has 3 rings (SSSR count). The SMILES string of the molecule is O=C1OC(/C=C\c2ccccc2)Cc2ccccc21. The molecule has 2 aromatic carbocycles. The average molecular weight is 250 g/mol. The van der Waals surface area contributed by atoms with E-state index in [1.807, 2.05) is 66.7 Å². The van der Waals surface area contributed by atoms with Gasteiger partial charge in [0, 0.05) is 6.42 Å². The molecular weight excluding hydrogens is 236 g/mol. The normalized spacial score (nSPS) is 18.1. The maximum absolute atomic E-state index is 11.9. The second-order valence-electron chi connectivity index (χ2n) is 4.57. The molecule has 0 radical (unpaired) electrons. The number of benzene rings is 2. The van der Waals surface area contributed by atoms with E-state index in [2.05, 4.69) is 0 Å². The zero-order valence-corrected chi connectivity index (χ0v) is 10.5. The van der Waals surface area contributed by atoms with Gasteiger partial charge >= 0.3 is 5.97 Å². The first-order chi connectivity index (χ1) is 9.33. The van der Waals surface area contributed by atoms with E-state index in [0.717, 1.165) is 17.5 Å². The molecule has 0 amide bonds. The average Bonchev–Trinajstić information content (AvgIpc) is 2.46. The molecule has 2 aromatic rings. The first kappa shape index (κ1) is 11.7. The number of hydrogen-bond donors (Lipinski definition) is 0. The van der Waals surface area contributed by atoms with E-state index in [4.69, 9.17) is 4.74 Å². The maximum Gasteiger partial charge on any atom is 0.339 e. The van der Waals surface area contributed by atoms with Gasteiger partial charge in [-0.15, -0.1) is 0 Å². The van der Waals surface area contributed by atoms with Crippen molar-refractivity contribution in [1.82, 2.24) is 0 Å². The molecule has 0 saturated carbocycles. The molecule has 1 aliphatic heterocycles. The van der Waals surface area contributed by atoms with Gasteiger partial charge in [-0.25, -0.2) is 4.79 Å². The van der Waals surface area contributed by atoms with Crippen molar-refractivity contribution in [2.75, 3.05) is 0 Å². The van der Waals surface area contributed by atoms with Gasteiger partial charge in [0.1, 0.15) is 6.10 Å². The molecule has 94 valence electrons. The van der Waals surface area contributed by atoms with Crippen molar-refractivity contribution < 1.29 is 9.53 Å². The third-order valence-corrected chi connectivity index (χ3v) is 3.22. The summed E-state index contributed by atoms with van der Waals surface area (Å²) in [5.41, 5.74) is 2.85. The summed E-state index contributed by atoms with van der Waals surface area (Å²) in [6.45, 7) is 0. The number of rotatable bonds is 2. The van der Waals surface area contributed by atoms with Crippen LogP contribution in [0.25, 0.3) is 6.08 Å². The Kier molecular flexibility index (Phi) is 3.15. The number of carbonyl (C=O) groups is 1. The highest BCUT2D eigenvalue weighted by Gasteiger charge is 2.23. The summed E-state index contributed by atoms with van der Waals surface area (Å²) in [6.07, 6.45) is 4.50. The molecule has 0 fully saturated rings. The largest absolute Gasteiger partial charge is 0.454 e. The van der Waals surface area contributed by atoms with Crippen LogP contribution in [0, 0.1) is 0 Å². The van der Waals surface area contributed by atoms with Crippen molar-refractivity contribution in [1.29, 1.82) is 0 Å². The lowest BCUT2D eigenvalue weighted by Gasteiger charge is -2.22. The molecule has 1 aliphatic rings. The number of ether oxygens (including phenoxy) is 1. The Bertz CT molecular complexity index is 614. The lowest BCUT2D eigenvalue weighted by molar-refractivity contribution is 0.0359. The minimum absolute atomic E-state index is 0.178. The fourth-order valence-corrected chi connectivity index (χ4v) is 2.25. The fourth-order valence-electron chi connectivity index (χ4n) is 2.25. The van der Waals surface area contributed by atoms with Crippen molar-refractivity contribution in [2.24, 2.45) is 0 Å². The highest BCUT2D eigenvalue weighted by atomic mass is 16.5. The second kappa shape index (κ2) is 5.11. The van der Waals surface area contributed by atoms with E-state index in [1.54, 1.807) is 0 Å². The van der Waals surface area contributed by atoms with E-state index >= 15 is 0 Å². The Morgan fingerprint density at radius 3 is 2.58 bits per heavy atom. The third-order valence-electron chi connectivity index (χ3n) is 3.22. The summed E-state index contributed by atoms with van der Waals surface area (Å²) in [4.78, 5) is 11.9. The van der Waals surface area contributed by atoms with Crippen LogP contribution in [-0.2, 0) is 11.2 Å². The molecule has 0 bridgehead atoms. The topological polar surface area (TPSA) is 26.3 Å². The first-order valence-corrected chi connectivity index (χ1v) is 6.35. The third kappa shape index (κ3) is 2.58. The second-order valence-corrected chi connectivity index (χ2v) is 4.57. The molecular formula is C17H14O2. The predicted molar refractivity (Wildman–Crippen MR) is 74.8 cm³/mol. The molecule has 2 nitrogen and oxygen atoms in total. The number of cyclic esters (lactones) is 1. The molecule has 0 saturated heterocycles. The summed E-state index contributed by atoms with van der Waals surface area (Å²) in [5.74, 6) is -0.232. The predicted octanol–water partition coefficient (Wildman–Crippen LogP) is 3.48. The fraction of sp³-hybridized carbons (Fsp3) is 0.118. The molecule has 0 N–H and O–H groups in total. The maximum atomic E-state index is 11.9. The van der Waals surface area contributed by atoms with E-state index in [-0.39, 0.29) is 12.1 Å². The Morgan fingerprint density at radius 1 is 1.00 bits per heavy atom. The minimum atomic E-state index is -0.232. The molecule has 19 heavy (non-hydrogen) atoms. The van der Waals surface area contributed by atoms with Gasteiger partial charge in [-0.1, -0.05) is 54.6 Å². The molecule has 1 heterocycles. The minimum Gasteiger partial charge on any atom is -0.454 e. The van der Waals surface area contributed by atoms with Gasteiger partial charge in [0.05, 0.1) is 5.56 Å². The molecule has 0 aliphatic carbocycles. The van der Waals surface area contributed by atoms with Gasteiger partial charge in [0.15, 0.2) is 0 Å². The monoisotopic (exact) mass is 250 g/mol. The highest BCUT2D eigenvalue weighted by Crippen LogP contribution is 2.21. The summed E-state index contributed by atoms with van der Waals surface area (Å²) in [7, 11) is 0. The van der Waals surface area contributed by atoms with Crippen LogP contribution in [0.4, 0.5) is 0 Å². The van der Waals surface area contributed by atoms with Crippen LogP contribution in [0.1, 0.15) is 21.5 Å². The molecule has 2 heteroatoms. The zero-order chi connectivity index (χ0) is 13.1. The van der Waals surface area contributed by atoms with Crippen LogP contribution in [-0.4, -0.2) is 12.1 Å². The van der Waals surface area contributed by atoms with E-state index < -0.39 is 0 Å². The van der Waals surface area contributed by atoms with Gasteiger partial charge in [-0.05, 0) is 23.3 Å². The van der Waals surface area contributed by atoms with Gasteiger partial charge in [0.2, 0.25) is 0 Å². The van der Waals surface area contributed by atoms with Crippen LogP contribution < -0.4 is 0 Å². The van der Waals surface area contributed by atoms with Crippen molar-refractivity contribution in [3.63, 3.8) is 0 Å². The summed E-state index contributed by atoms with van der Waals surface area (Å²) >= 11 is 0. The Hall–Kier alpha value is -2.35. The van der Waals surface area contributed by atoms with Crippen LogP contribution in [0.2, 0.25) is 0 Å². The number of esters is 1. The lowest BCUT2D eigenvalue weighted by Crippen LogP contribution is -2.25. The van der Waals surface area contributed by atoms with Gasteiger partial charge in [0.25, 0.3) is 0 Å². The summed E-state index contributed by atoms with van der Waals surface area (Å²) in [5, 5.41) is 0. The van der Waals surface area contributed by atoms with E-state index in [1.165, 1.54) is 0 Å².